The third kappa shape index (κ3) is 2.28. The molecule has 0 amide bonds. The molecule has 74 valence electrons. The minimum absolute atomic E-state index is 0.185. The van der Waals surface area contributed by atoms with Crippen LogP contribution in [0.3, 0.4) is 0 Å². The molecule has 0 saturated carbocycles. The fourth-order valence-electron chi connectivity index (χ4n) is 1.40. The van der Waals surface area contributed by atoms with Gasteiger partial charge in [0.25, 0.3) is 0 Å². The number of cyclic esters (lactones) is 2. The van der Waals surface area contributed by atoms with E-state index in [2.05, 4.69) is 4.74 Å². The Balaban J connectivity index is 2.46. The van der Waals surface area contributed by atoms with E-state index in [1.54, 1.807) is 0 Å². The van der Waals surface area contributed by atoms with Gasteiger partial charge in [-0.3, -0.25) is 4.79 Å². The third-order valence-corrected chi connectivity index (χ3v) is 2.22. The Morgan fingerprint density at radius 2 is 2.15 bits per heavy atom. The van der Waals surface area contributed by atoms with Gasteiger partial charge in [-0.1, -0.05) is 19.8 Å². The minimum Gasteiger partial charge on any atom is -0.391 e. The van der Waals surface area contributed by atoms with Crippen LogP contribution in [0.4, 0.5) is 0 Å². The Hall–Kier alpha value is -0.900. The van der Waals surface area contributed by atoms with Gasteiger partial charge < -0.3 is 9.84 Å². The van der Waals surface area contributed by atoms with Gasteiger partial charge in [-0.2, -0.15) is 0 Å². The first kappa shape index (κ1) is 10.2. The average Bonchev–Trinajstić information content (AvgIpc) is 2.27. The van der Waals surface area contributed by atoms with E-state index in [4.69, 9.17) is 0 Å². The molecular formula is C9H14O4. The van der Waals surface area contributed by atoms with Crippen molar-refractivity contribution in [3.8, 4) is 0 Å². The minimum atomic E-state index is -1.54. The molecule has 1 aliphatic heterocycles. The van der Waals surface area contributed by atoms with Gasteiger partial charge in [0.05, 0.1) is 6.42 Å². The summed E-state index contributed by atoms with van der Waals surface area (Å²) in [4.78, 5) is 21.7. The molecular weight excluding hydrogens is 172 g/mol. The van der Waals surface area contributed by atoms with E-state index in [0.29, 0.717) is 6.42 Å². The van der Waals surface area contributed by atoms with E-state index in [9.17, 15) is 14.7 Å². The maximum Gasteiger partial charge on any atom is 0.346 e. The number of hydrogen-bond donors (Lipinski definition) is 1. The lowest BCUT2D eigenvalue weighted by molar-refractivity contribution is -0.159. The van der Waals surface area contributed by atoms with E-state index in [0.717, 1.165) is 19.3 Å². The first-order valence-corrected chi connectivity index (χ1v) is 4.56. The molecule has 4 heteroatoms. The maximum atomic E-state index is 11.0. The molecule has 4 nitrogen and oxygen atoms in total. The smallest absolute Gasteiger partial charge is 0.346 e. The molecule has 0 aromatic rings. The highest BCUT2D eigenvalue weighted by molar-refractivity contribution is 5.99. The number of hydrogen-bond acceptors (Lipinski definition) is 4. The highest BCUT2D eigenvalue weighted by Crippen LogP contribution is 2.26. The Morgan fingerprint density at radius 1 is 1.46 bits per heavy atom. The zero-order chi connectivity index (χ0) is 9.90. The molecule has 0 radical (unpaired) electrons. The third-order valence-electron chi connectivity index (χ3n) is 2.22. The molecule has 1 N–H and O–H groups in total. The summed E-state index contributed by atoms with van der Waals surface area (Å²) >= 11 is 0. The van der Waals surface area contributed by atoms with Crippen LogP contribution >= 0.6 is 0 Å². The van der Waals surface area contributed by atoms with Crippen molar-refractivity contribution in [2.75, 3.05) is 0 Å². The van der Waals surface area contributed by atoms with Crippen LogP contribution in [0, 0.1) is 0 Å². The van der Waals surface area contributed by atoms with Crippen molar-refractivity contribution in [2.45, 2.75) is 44.6 Å². The second-order valence-corrected chi connectivity index (χ2v) is 3.43. The molecule has 0 aromatic heterocycles. The molecule has 1 rings (SSSR count). The number of rotatable bonds is 4. The Labute approximate surface area is 76.9 Å². The van der Waals surface area contributed by atoms with E-state index in [-0.39, 0.29) is 6.42 Å². The normalized spacial score (nSPS) is 27.8. The molecule has 0 aliphatic carbocycles. The van der Waals surface area contributed by atoms with E-state index < -0.39 is 17.5 Å². The molecule has 1 aliphatic rings. The predicted octanol–water partition coefficient (Wildman–Crippen LogP) is 0.771. The highest BCUT2D eigenvalue weighted by atomic mass is 16.6. The summed E-state index contributed by atoms with van der Waals surface area (Å²) < 4.78 is 4.28. The summed E-state index contributed by atoms with van der Waals surface area (Å²) in [5, 5.41) is 9.66. The van der Waals surface area contributed by atoms with E-state index in [1.165, 1.54) is 0 Å². The van der Waals surface area contributed by atoms with Gasteiger partial charge in [0.15, 0.2) is 5.60 Å². The van der Waals surface area contributed by atoms with Crippen LogP contribution in [0.2, 0.25) is 0 Å². The number of carbonyl (C=O) groups excluding carboxylic acids is 2. The Morgan fingerprint density at radius 3 is 2.62 bits per heavy atom. The summed E-state index contributed by atoms with van der Waals surface area (Å²) in [5.74, 6) is -1.40. The molecule has 13 heavy (non-hydrogen) atoms. The number of aliphatic hydroxyl groups is 1. The topological polar surface area (TPSA) is 63.6 Å². The molecule has 1 heterocycles. The van der Waals surface area contributed by atoms with Gasteiger partial charge in [0.1, 0.15) is 0 Å². The van der Waals surface area contributed by atoms with Gasteiger partial charge in [0, 0.05) is 0 Å². The summed E-state index contributed by atoms with van der Waals surface area (Å²) in [6, 6.07) is 0. The second-order valence-electron chi connectivity index (χ2n) is 3.43. The first-order valence-electron chi connectivity index (χ1n) is 4.56. The van der Waals surface area contributed by atoms with Crippen molar-refractivity contribution in [3.63, 3.8) is 0 Å². The fraction of sp³-hybridized carbons (Fsp3) is 0.778. The van der Waals surface area contributed by atoms with Crippen LogP contribution in [-0.4, -0.2) is 22.6 Å². The summed E-state index contributed by atoms with van der Waals surface area (Å²) in [7, 11) is 0. The predicted molar refractivity (Wildman–Crippen MR) is 44.8 cm³/mol. The van der Waals surface area contributed by atoms with Crippen LogP contribution in [0.5, 0.6) is 0 Å². The number of esters is 2. The average molecular weight is 186 g/mol. The summed E-state index contributed by atoms with van der Waals surface area (Å²) in [5.41, 5.74) is -1.54. The maximum absolute atomic E-state index is 11.0. The summed E-state index contributed by atoms with van der Waals surface area (Å²) in [6.45, 7) is 2.03. The van der Waals surface area contributed by atoms with Crippen molar-refractivity contribution in [1.29, 1.82) is 0 Å². The first-order chi connectivity index (χ1) is 6.08. The standard InChI is InChI=1S/C9H14O4/c1-2-3-4-5-9(12)6-7(10)13-8(9)11/h12H,2-6H2,1H3. The molecule has 0 aromatic carbocycles. The van der Waals surface area contributed by atoms with Crippen molar-refractivity contribution < 1.29 is 19.4 Å². The van der Waals surface area contributed by atoms with Crippen LogP contribution in [0.25, 0.3) is 0 Å². The van der Waals surface area contributed by atoms with Crippen LogP contribution in [-0.2, 0) is 14.3 Å². The highest BCUT2D eigenvalue weighted by Gasteiger charge is 2.46. The van der Waals surface area contributed by atoms with Crippen LogP contribution in [0.1, 0.15) is 39.0 Å². The van der Waals surface area contributed by atoms with Gasteiger partial charge in [-0.25, -0.2) is 4.79 Å². The van der Waals surface area contributed by atoms with Crippen LogP contribution in [0.15, 0.2) is 0 Å². The molecule has 1 fully saturated rings. The van der Waals surface area contributed by atoms with Crippen molar-refractivity contribution >= 4 is 11.9 Å². The van der Waals surface area contributed by atoms with E-state index >= 15 is 0 Å². The Kier molecular flexibility index (Phi) is 3.03. The van der Waals surface area contributed by atoms with E-state index in [1.807, 2.05) is 6.92 Å². The number of carbonyl (C=O) groups is 2. The largest absolute Gasteiger partial charge is 0.391 e. The van der Waals surface area contributed by atoms with Gasteiger partial charge in [0.2, 0.25) is 0 Å². The van der Waals surface area contributed by atoms with Gasteiger partial charge in [-0.15, -0.1) is 0 Å². The second kappa shape index (κ2) is 3.87. The molecule has 1 unspecified atom stereocenters. The summed E-state index contributed by atoms with van der Waals surface area (Å²) in [6.07, 6.45) is 2.85. The van der Waals surface area contributed by atoms with Crippen molar-refractivity contribution in [3.05, 3.63) is 0 Å². The van der Waals surface area contributed by atoms with Gasteiger partial charge in [-0.05, 0) is 12.8 Å². The Bertz CT molecular complexity index is 224. The zero-order valence-corrected chi connectivity index (χ0v) is 7.71. The monoisotopic (exact) mass is 186 g/mol. The molecule has 1 saturated heterocycles. The number of ether oxygens (including phenoxy) is 1. The van der Waals surface area contributed by atoms with Crippen LogP contribution < -0.4 is 0 Å². The van der Waals surface area contributed by atoms with Crippen molar-refractivity contribution in [1.82, 2.24) is 0 Å². The molecule has 0 spiro atoms. The van der Waals surface area contributed by atoms with Crippen molar-refractivity contribution in [2.24, 2.45) is 0 Å². The zero-order valence-electron chi connectivity index (χ0n) is 7.71. The number of unbranched alkanes of at least 4 members (excludes halogenated alkanes) is 2. The fourth-order valence-corrected chi connectivity index (χ4v) is 1.40. The molecule has 0 bridgehead atoms. The SMILES string of the molecule is CCCCCC1(O)CC(=O)OC1=O. The lowest BCUT2D eigenvalue weighted by Gasteiger charge is -2.15. The lowest BCUT2D eigenvalue weighted by atomic mass is 9.95. The van der Waals surface area contributed by atoms with Gasteiger partial charge >= 0.3 is 11.9 Å². The molecule has 1 atom stereocenters. The lowest BCUT2D eigenvalue weighted by Crippen LogP contribution is -2.33. The quantitative estimate of drug-likeness (QED) is 0.400.